The predicted molar refractivity (Wildman–Crippen MR) is 96.3 cm³/mol. The minimum atomic E-state index is 0.707. The summed E-state index contributed by atoms with van der Waals surface area (Å²) in [6.45, 7) is 2.26. The van der Waals surface area contributed by atoms with Crippen molar-refractivity contribution in [3.05, 3.63) is 82.6 Å². The minimum absolute atomic E-state index is 0.707. The average Bonchev–Trinajstić information content (AvgIpc) is 3.11. The fraction of sp³-hybridized carbons (Fsp3) is 0.211. The van der Waals surface area contributed by atoms with Crippen LogP contribution in [0, 0.1) is 0 Å². The highest BCUT2D eigenvalue weighted by Gasteiger charge is 2.05. The number of halogens is 1. The van der Waals surface area contributed by atoms with Gasteiger partial charge in [0.15, 0.2) is 0 Å². The quantitative estimate of drug-likeness (QED) is 0.708. The lowest BCUT2D eigenvalue weighted by Crippen LogP contribution is -2.15. The van der Waals surface area contributed by atoms with Gasteiger partial charge in [-0.3, -0.25) is 4.68 Å². The zero-order valence-corrected chi connectivity index (χ0v) is 14.3. The Morgan fingerprint density at radius 2 is 1.83 bits per heavy atom. The van der Waals surface area contributed by atoms with Crippen LogP contribution in [0.25, 0.3) is 0 Å². The molecule has 3 aromatic rings. The maximum Gasteiger partial charge on any atom is 0.120 e. The average molecular weight is 342 g/mol. The van der Waals surface area contributed by atoms with Crippen molar-refractivity contribution >= 4 is 11.6 Å². The molecule has 0 unspecified atom stereocenters. The molecule has 0 saturated carbocycles. The van der Waals surface area contributed by atoms with Crippen LogP contribution in [0.4, 0.5) is 0 Å². The Hall–Kier alpha value is -2.30. The van der Waals surface area contributed by atoms with E-state index in [1.165, 1.54) is 11.1 Å². The van der Waals surface area contributed by atoms with Gasteiger partial charge in [0.2, 0.25) is 0 Å². The molecule has 0 aliphatic heterocycles. The summed E-state index contributed by atoms with van der Waals surface area (Å²) in [6, 6.07) is 16.1. The van der Waals surface area contributed by atoms with E-state index in [2.05, 4.69) is 34.7 Å². The summed E-state index contributed by atoms with van der Waals surface area (Å²) >= 11 is 6.28. The molecule has 0 aliphatic rings. The van der Waals surface area contributed by atoms with Crippen LogP contribution in [-0.4, -0.2) is 16.9 Å². The molecule has 0 amide bonds. The Labute approximate surface area is 147 Å². The van der Waals surface area contributed by atoms with Crippen molar-refractivity contribution in [2.24, 2.45) is 0 Å². The van der Waals surface area contributed by atoms with Crippen LogP contribution >= 0.6 is 11.6 Å². The molecule has 0 atom stereocenters. The van der Waals surface area contributed by atoms with Crippen LogP contribution in [0.15, 0.2) is 60.9 Å². The molecule has 24 heavy (non-hydrogen) atoms. The van der Waals surface area contributed by atoms with Gasteiger partial charge in [-0.25, -0.2) is 0 Å². The Balaban J connectivity index is 1.63. The molecule has 3 rings (SSSR count). The summed E-state index contributed by atoms with van der Waals surface area (Å²) in [6.07, 6.45) is 3.77. The normalized spacial score (nSPS) is 10.8. The van der Waals surface area contributed by atoms with Crippen LogP contribution in [0.1, 0.15) is 16.7 Å². The summed E-state index contributed by atoms with van der Waals surface area (Å²) in [4.78, 5) is 0. The first kappa shape index (κ1) is 16.6. The standard InChI is InChI=1S/C19H20ClN3O/c1-24-18-8-7-16(19(20)11-18)13-21-12-15-5-2-3-6-17(15)14-23-10-4-9-22-23/h2-11,21H,12-14H2,1H3. The Kier molecular flexibility index (Phi) is 5.51. The highest BCUT2D eigenvalue weighted by molar-refractivity contribution is 6.31. The molecule has 0 spiro atoms. The summed E-state index contributed by atoms with van der Waals surface area (Å²) < 4.78 is 7.11. The Morgan fingerprint density at radius 3 is 2.54 bits per heavy atom. The zero-order chi connectivity index (χ0) is 16.8. The van der Waals surface area contributed by atoms with Gasteiger partial charge in [0.1, 0.15) is 5.75 Å². The highest BCUT2D eigenvalue weighted by Crippen LogP contribution is 2.22. The van der Waals surface area contributed by atoms with E-state index in [0.717, 1.165) is 24.4 Å². The lowest BCUT2D eigenvalue weighted by atomic mass is 10.1. The second-order valence-electron chi connectivity index (χ2n) is 5.53. The maximum absolute atomic E-state index is 6.28. The molecular weight excluding hydrogens is 322 g/mol. The first-order chi connectivity index (χ1) is 11.8. The smallest absolute Gasteiger partial charge is 0.120 e. The molecule has 1 N–H and O–H groups in total. The molecule has 0 saturated heterocycles. The third-order valence-electron chi connectivity index (χ3n) is 3.90. The van der Waals surface area contributed by atoms with Crippen molar-refractivity contribution in [2.45, 2.75) is 19.6 Å². The van der Waals surface area contributed by atoms with Gasteiger partial charge in [0, 0.05) is 30.5 Å². The van der Waals surface area contributed by atoms with E-state index < -0.39 is 0 Å². The molecule has 0 fully saturated rings. The molecule has 0 radical (unpaired) electrons. The van der Waals surface area contributed by atoms with Gasteiger partial charge in [0.25, 0.3) is 0 Å². The second-order valence-corrected chi connectivity index (χ2v) is 5.94. The number of hydrogen-bond donors (Lipinski definition) is 1. The fourth-order valence-corrected chi connectivity index (χ4v) is 2.82. The summed E-state index contributed by atoms with van der Waals surface area (Å²) in [7, 11) is 1.64. The van der Waals surface area contributed by atoms with Crippen LogP contribution in [0.2, 0.25) is 5.02 Å². The van der Waals surface area contributed by atoms with E-state index >= 15 is 0 Å². The molecule has 124 valence electrons. The van der Waals surface area contributed by atoms with Crippen LogP contribution in [-0.2, 0) is 19.6 Å². The molecular formula is C19H20ClN3O. The number of benzene rings is 2. The van der Waals surface area contributed by atoms with Crippen LogP contribution in [0.3, 0.4) is 0 Å². The van der Waals surface area contributed by atoms with Crippen LogP contribution < -0.4 is 10.1 Å². The van der Waals surface area contributed by atoms with Gasteiger partial charge in [-0.05, 0) is 34.9 Å². The second kappa shape index (κ2) is 7.99. The summed E-state index contributed by atoms with van der Waals surface area (Å²) in [5.41, 5.74) is 3.58. The highest BCUT2D eigenvalue weighted by atomic mass is 35.5. The number of rotatable bonds is 7. The van der Waals surface area contributed by atoms with Gasteiger partial charge >= 0.3 is 0 Å². The van der Waals surface area contributed by atoms with Crippen molar-refractivity contribution in [1.29, 1.82) is 0 Å². The van der Waals surface area contributed by atoms with Crippen molar-refractivity contribution in [3.8, 4) is 5.75 Å². The molecule has 5 heteroatoms. The third kappa shape index (κ3) is 4.16. The number of methoxy groups -OCH3 is 1. The molecule has 1 heterocycles. The third-order valence-corrected chi connectivity index (χ3v) is 4.25. The molecule has 4 nitrogen and oxygen atoms in total. The molecule has 0 aliphatic carbocycles. The first-order valence-electron chi connectivity index (χ1n) is 7.83. The number of nitrogens with zero attached hydrogens (tertiary/aromatic N) is 2. The number of aromatic nitrogens is 2. The minimum Gasteiger partial charge on any atom is -0.497 e. The fourth-order valence-electron chi connectivity index (χ4n) is 2.58. The number of hydrogen-bond acceptors (Lipinski definition) is 3. The van der Waals surface area contributed by atoms with E-state index in [1.807, 2.05) is 35.1 Å². The molecule has 2 aromatic carbocycles. The zero-order valence-electron chi connectivity index (χ0n) is 13.6. The van der Waals surface area contributed by atoms with Gasteiger partial charge in [-0.1, -0.05) is 41.9 Å². The summed E-state index contributed by atoms with van der Waals surface area (Å²) in [5.74, 6) is 0.772. The number of ether oxygens (including phenoxy) is 1. The van der Waals surface area contributed by atoms with Crippen LogP contribution in [0.5, 0.6) is 5.75 Å². The number of nitrogens with one attached hydrogen (secondary N) is 1. The lowest BCUT2D eigenvalue weighted by molar-refractivity contribution is 0.414. The van der Waals surface area contributed by atoms with E-state index in [4.69, 9.17) is 16.3 Å². The van der Waals surface area contributed by atoms with Gasteiger partial charge < -0.3 is 10.1 Å². The summed E-state index contributed by atoms with van der Waals surface area (Å²) in [5, 5.41) is 8.45. The van der Waals surface area contributed by atoms with E-state index in [-0.39, 0.29) is 0 Å². The van der Waals surface area contributed by atoms with Gasteiger partial charge in [-0.15, -0.1) is 0 Å². The monoisotopic (exact) mass is 341 g/mol. The maximum atomic E-state index is 6.28. The molecule has 0 bridgehead atoms. The topological polar surface area (TPSA) is 39.1 Å². The van der Waals surface area contributed by atoms with Crippen molar-refractivity contribution in [1.82, 2.24) is 15.1 Å². The van der Waals surface area contributed by atoms with E-state index in [1.54, 1.807) is 13.3 Å². The predicted octanol–water partition coefficient (Wildman–Crippen LogP) is 3.88. The first-order valence-corrected chi connectivity index (χ1v) is 8.21. The Morgan fingerprint density at radius 1 is 1.04 bits per heavy atom. The van der Waals surface area contributed by atoms with E-state index in [9.17, 15) is 0 Å². The largest absolute Gasteiger partial charge is 0.497 e. The molecule has 1 aromatic heterocycles. The van der Waals surface area contributed by atoms with Crippen molar-refractivity contribution in [2.75, 3.05) is 7.11 Å². The SMILES string of the molecule is COc1ccc(CNCc2ccccc2Cn2cccn2)c(Cl)c1. The Bertz CT molecular complexity index is 787. The van der Waals surface area contributed by atoms with E-state index in [0.29, 0.717) is 11.6 Å². The van der Waals surface area contributed by atoms with Crippen molar-refractivity contribution < 1.29 is 4.74 Å². The lowest BCUT2D eigenvalue weighted by Gasteiger charge is -2.12. The van der Waals surface area contributed by atoms with Gasteiger partial charge in [-0.2, -0.15) is 5.10 Å². The van der Waals surface area contributed by atoms with Crippen molar-refractivity contribution in [3.63, 3.8) is 0 Å². The van der Waals surface area contributed by atoms with Gasteiger partial charge in [0.05, 0.1) is 13.7 Å².